The minimum absolute atomic E-state index is 0.0938. The monoisotopic (exact) mass is 480 g/mol. The second kappa shape index (κ2) is 10.6. The Morgan fingerprint density at radius 3 is 2.03 bits per heavy atom. The highest BCUT2D eigenvalue weighted by atomic mass is 16.3. The van der Waals surface area contributed by atoms with Gasteiger partial charge in [-0.1, -0.05) is 42.5 Å². The van der Waals surface area contributed by atoms with E-state index in [9.17, 15) is 9.90 Å². The zero-order valence-corrected chi connectivity index (χ0v) is 19.8. The zero-order chi connectivity index (χ0) is 24.8. The summed E-state index contributed by atoms with van der Waals surface area (Å²) in [4.78, 5) is 32.9. The highest BCUT2D eigenvalue weighted by Gasteiger charge is 2.43. The fraction of sp³-hybridized carbons (Fsp3) is 0.250. The average molecular weight is 481 g/mol. The smallest absolute Gasteiger partial charge is 0.225 e. The van der Waals surface area contributed by atoms with Crippen molar-refractivity contribution >= 4 is 11.9 Å². The fourth-order valence-corrected chi connectivity index (χ4v) is 4.81. The van der Waals surface area contributed by atoms with Crippen LogP contribution in [0.5, 0.6) is 0 Å². The van der Waals surface area contributed by atoms with Crippen LogP contribution < -0.4 is 10.2 Å². The average Bonchev–Trinajstić information content (AvgIpc) is 2.97. The van der Waals surface area contributed by atoms with Crippen LogP contribution in [0, 0.1) is 5.92 Å². The lowest BCUT2D eigenvalue weighted by molar-refractivity contribution is -0.128. The van der Waals surface area contributed by atoms with Crippen molar-refractivity contribution in [2.75, 3.05) is 18.0 Å². The maximum absolute atomic E-state index is 13.6. The first-order valence-electron chi connectivity index (χ1n) is 12.1. The van der Waals surface area contributed by atoms with Crippen molar-refractivity contribution in [2.45, 2.75) is 24.5 Å². The summed E-state index contributed by atoms with van der Waals surface area (Å²) in [7, 11) is 0. The quantitative estimate of drug-likeness (QED) is 0.418. The van der Waals surface area contributed by atoms with Gasteiger partial charge in [-0.25, -0.2) is 9.97 Å². The van der Waals surface area contributed by atoms with Gasteiger partial charge in [-0.3, -0.25) is 14.8 Å². The highest BCUT2D eigenvalue weighted by molar-refractivity contribution is 5.80. The first-order chi connectivity index (χ1) is 17.7. The molecule has 8 nitrogen and oxygen atoms in total. The van der Waals surface area contributed by atoms with E-state index in [0.29, 0.717) is 43.0 Å². The van der Waals surface area contributed by atoms with Crippen LogP contribution >= 0.6 is 0 Å². The summed E-state index contributed by atoms with van der Waals surface area (Å²) in [6.07, 6.45) is 11.4. The number of benzene rings is 1. The van der Waals surface area contributed by atoms with Gasteiger partial charge < -0.3 is 15.3 Å². The van der Waals surface area contributed by atoms with Crippen LogP contribution in [-0.2, 0) is 10.4 Å². The minimum atomic E-state index is -1.59. The third-order valence-corrected chi connectivity index (χ3v) is 6.74. The third-order valence-electron chi connectivity index (χ3n) is 6.74. The molecule has 1 atom stereocenters. The normalized spacial score (nSPS) is 15.3. The maximum atomic E-state index is 13.6. The van der Waals surface area contributed by atoms with E-state index in [4.69, 9.17) is 0 Å². The molecule has 5 rings (SSSR count). The first kappa shape index (κ1) is 23.6. The predicted molar refractivity (Wildman–Crippen MR) is 136 cm³/mol. The lowest BCUT2D eigenvalue weighted by atomic mass is 9.78. The molecule has 4 heterocycles. The second-order valence-electron chi connectivity index (χ2n) is 8.91. The summed E-state index contributed by atoms with van der Waals surface area (Å²) < 4.78 is 0. The van der Waals surface area contributed by atoms with E-state index >= 15 is 0 Å². The number of pyridine rings is 2. The van der Waals surface area contributed by atoms with Crippen LogP contribution in [0.1, 0.15) is 35.6 Å². The molecule has 0 radical (unpaired) electrons. The molecule has 1 aliphatic heterocycles. The largest absolute Gasteiger partial charge is 0.378 e. The van der Waals surface area contributed by atoms with Crippen LogP contribution in [0.4, 0.5) is 5.95 Å². The van der Waals surface area contributed by atoms with E-state index in [2.05, 4.69) is 30.2 Å². The molecule has 1 saturated heterocycles. The number of aromatic nitrogens is 4. The van der Waals surface area contributed by atoms with Crippen molar-refractivity contribution < 1.29 is 9.90 Å². The molecule has 0 aliphatic carbocycles. The van der Waals surface area contributed by atoms with E-state index in [1.807, 2.05) is 42.5 Å². The molecule has 1 fully saturated rings. The van der Waals surface area contributed by atoms with Crippen LogP contribution in [0.3, 0.4) is 0 Å². The Bertz CT molecular complexity index is 1210. The van der Waals surface area contributed by atoms with Crippen LogP contribution in [-0.4, -0.2) is 44.0 Å². The number of hydrogen-bond donors (Lipinski definition) is 2. The molecule has 0 saturated carbocycles. The van der Waals surface area contributed by atoms with E-state index in [0.717, 1.165) is 5.56 Å². The number of carbonyl (C=O) groups excluding carboxylic acids is 1. The number of carbonyl (C=O) groups is 1. The summed E-state index contributed by atoms with van der Waals surface area (Å²) in [6, 6.07) is 17.8. The van der Waals surface area contributed by atoms with Crippen molar-refractivity contribution in [3.8, 4) is 0 Å². The Morgan fingerprint density at radius 2 is 1.47 bits per heavy atom. The van der Waals surface area contributed by atoms with Gasteiger partial charge in [0.15, 0.2) is 0 Å². The number of piperidine rings is 1. The number of aliphatic hydroxyl groups is 1. The van der Waals surface area contributed by atoms with Crippen molar-refractivity contribution in [1.82, 2.24) is 25.3 Å². The van der Waals surface area contributed by atoms with Gasteiger partial charge in [0.2, 0.25) is 11.9 Å². The molecule has 0 bridgehead atoms. The van der Waals surface area contributed by atoms with Gasteiger partial charge in [-0.05, 0) is 36.6 Å². The first-order valence-corrected chi connectivity index (χ1v) is 12.1. The molecule has 1 aliphatic rings. The number of hydrogen-bond acceptors (Lipinski definition) is 7. The Balaban J connectivity index is 1.45. The van der Waals surface area contributed by atoms with Gasteiger partial charge in [0.05, 0.1) is 6.04 Å². The fourth-order valence-electron chi connectivity index (χ4n) is 4.81. The molecule has 2 N–H and O–H groups in total. The number of nitrogens with zero attached hydrogens (tertiary/aromatic N) is 5. The van der Waals surface area contributed by atoms with E-state index in [1.165, 1.54) is 0 Å². The number of rotatable bonds is 7. The molecule has 0 spiro atoms. The standard InChI is InChI=1S/C28H28N6O2/c35-26(22-11-17-34(18-12-22)27-31-15-6-16-32-27)33-25(21-7-2-1-3-8-21)28(36,23-9-4-13-29-19-23)24-10-5-14-30-20-24/h1-10,13-16,19-20,22,25,36H,11-12,17-18H2,(H,33,35). The zero-order valence-electron chi connectivity index (χ0n) is 19.8. The third kappa shape index (κ3) is 4.81. The van der Waals surface area contributed by atoms with Crippen LogP contribution in [0.15, 0.2) is 97.8 Å². The Hall–Kier alpha value is -4.17. The highest BCUT2D eigenvalue weighted by Crippen LogP contribution is 2.41. The Morgan fingerprint density at radius 1 is 0.861 bits per heavy atom. The van der Waals surface area contributed by atoms with E-state index < -0.39 is 11.6 Å². The molecule has 1 aromatic carbocycles. The number of amides is 1. The predicted octanol–water partition coefficient (Wildman–Crippen LogP) is 3.28. The van der Waals surface area contributed by atoms with E-state index in [-0.39, 0.29) is 11.8 Å². The summed E-state index contributed by atoms with van der Waals surface area (Å²) in [5.41, 5.74) is 0.348. The molecular weight excluding hydrogens is 452 g/mol. The Kier molecular flexibility index (Phi) is 6.95. The van der Waals surface area contributed by atoms with Gasteiger partial charge in [-0.2, -0.15) is 0 Å². The molecule has 4 aromatic rings. The van der Waals surface area contributed by atoms with Crippen molar-refractivity contribution in [1.29, 1.82) is 0 Å². The lowest BCUT2D eigenvalue weighted by Crippen LogP contribution is -2.48. The van der Waals surface area contributed by atoms with Crippen LogP contribution in [0.2, 0.25) is 0 Å². The number of nitrogens with one attached hydrogen (secondary N) is 1. The molecule has 3 aromatic heterocycles. The Labute approximate surface area is 210 Å². The summed E-state index contributed by atoms with van der Waals surface area (Å²) in [6.45, 7) is 1.38. The summed E-state index contributed by atoms with van der Waals surface area (Å²) >= 11 is 0. The summed E-state index contributed by atoms with van der Waals surface area (Å²) in [5, 5.41) is 15.6. The molecule has 8 heteroatoms. The molecule has 1 amide bonds. The number of anilines is 1. The van der Waals surface area contributed by atoms with Crippen molar-refractivity contribution in [3.05, 3.63) is 115 Å². The molecule has 182 valence electrons. The van der Waals surface area contributed by atoms with Gasteiger partial charge >= 0.3 is 0 Å². The second-order valence-corrected chi connectivity index (χ2v) is 8.91. The van der Waals surface area contributed by atoms with Crippen molar-refractivity contribution in [3.63, 3.8) is 0 Å². The van der Waals surface area contributed by atoms with E-state index in [1.54, 1.807) is 55.4 Å². The molecule has 1 unspecified atom stereocenters. The minimum Gasteiger partial charge on any atom is -0.378 e. The molecule has 36 heavy (non-hydrogen) atoms. The van der Waals surface area contributed by atoms with Gasteiger partial charge in [0.1, 0.15) is 5.60 Å². The van der Waals surface area contributed by atoms with Crippen LogP contribution in [0.25, 0.3) is 0 Å². The van der Waals surface area contributed by atoms with Crippen molar-refractivity contribution in [2.24, 2.45) is 5.92 Å². The summed E-state index contributed by atoms with van der Waals surface area (Å²) in [5.74, 6) is 0.396. The maximum Gasteiger partial charge on any atom is 0.225 e. The topological polar surface area (TPSA) is 104 Å². The molecular formula is C28H28N6O2. The SMILES string of the molecule is O=C(NC(c1ccccc1)C(O)(c1cccnc1)c1cccnc1)C1CCN(c2ncccn2)CC1. The van der Waals surface area contributed by atoms with Gasteiger partial charge in [0, 0.05) is 67.3 Å². The van der Waals surface area contributed by atoms with Gasteiger partial charge in [-0.15, -0.1) is 0 Å². The lowest BCUT2D eigenvalue weighted by Gasteiger charge is -2.39. The van der Waals surface area contributed by atoms with Gasteiger partial charge in [0.25, 0.3) is 0 Å².